The second-order valence-corrected chi connectivity index (χ2v) is 8.77. The Kier molecular flexibility index (Phi) is 8.28. The number of amides is 2. The first-order valence-corrected chi connectivity index (χ1v) is 12.1. The minimum Gasteiger partial charge on any atom is -0.379 e. The number of benzene rings is 2. The Hall–Kier alpha value is -3.49. The van der Waals surface area contributed by atoms with Crippen LogP contribution in [0.1, 0.15) is 24.1 Å². The summed E-state index contributed by atoms with van der Waals surface area (Å²) in [5, 5.41) is 10.7. The molecule has 2 amide bonds. The van der Waals surface area contributed by atoms with Gasteiger partial charge in [-0.25, -0.2) is 4.68 Å². The molecule has 1 aromatic heterocycles. The summed E-state index contributed by atoms with van der Waals surface area (Å²) in [6.07, 6.45) is 0.225. The summed E-state index contributed by atoms with van der Waals surface area (Å²) in [5.74, 6) is 0.258. The lowest BCUT2D eigenvalue weighted by molar-refractivity contribution is -0.124. The molecule has 2 heterocycles. The summed E-state index contributed by atoms with van der Waals surface area (Å²) in [5.41, 5.74) is 4.66. The number of anilines is 1. The molecule has 0 spiro atoms. The maximum atomic E-state index is 12.9. The molecule has 3 aromatic rings. The fourth-order valence-corrected chi connectivity index (χ4v) is 4.15. The number of carbonyl (C=O) groups is 2. The van der Waals surface area contributed by atoms with E-state index in [1.165, 1.54) is 0 Å². The molecule has 4 rings (SSSR count). The highest BCUT2D eigenvalue weighted by Gasteiger charge is 2.20. The Morgan fingerprint density at radius 2 is 1.63 bits per heavy atom. The topological polar surface area (TPSA) is 88.5 Å². The summed E-state index contributed by atoms with van der Waals surface area (Å²) in [6, 6.07) is 17.9. The van der Waals surface area contributed by atoms with Crippen molar-refractivity contribution in [3.8, 4) is 16.8 Å². The van der Waals surface area contributed by atoms with Gasteiger partial charge in [-0.15, -0.1) is 0 Å². The highest BCUT2D eigenvalue weighted by atomic mass is 16.5. The van der Waals surface area contributed by atoms with Crippen LogP contribution in [0, 0.1) is 13.8 Å². The zero-order valence-electron chi connectivity index (χ0n) is 20.4. The van der Waals surface area contributed by atoms with Crippen LogP contribution in [0.4, 0.5) is 5.82 Å². The van der Waals surface area contributed by atoms with Crippen LogP contribution in [0.2, 0.25) is 0 Å². The Morgan fingerprint density at radius 3 is 2.34 bits per heavy atom. The Labute approximate surface area is 206 Å². The third-order valence-corrected chi connectivity index (χ3v) is 6.09. The van der Waals surface area contributed by atoms with E-state index in [0.717, 1.165) is 60.9 Å². The van der Waals surface area contributed by atoms with E-state index >= 15 is 0 Å². The molecule has 0 unspecified atom stereocenters. The summed E-state index contributed by atoms with van der Waals surface area (Å²) in [7, 11) is 0. The van der Waals surface area contributed by atoms with Crippen molar-refractivity contribution in [2.45, 2.75) is 26.7 Å². The molecule has 8 heteroatoms. The van der Waals surface area contributed by atoms with Crippen molar-refractivity contribution in [3.63, 3.8) is 0 Å². The van der Waals surface area contributed by atoms with Gasteiger partial charge in [0.25, 0.3) is 0 Å². The second-order valence-electron chi connectivity index (χ2n) is 8.77. The van der Waals surface area contributed by atoms with Gasteiger partial charge in [-0.2, -0.15) is 5.10 Å². The lowest BCUT2D eigenvalue weighted by atomic mass is 10.1. The highest BCUT2D eigenvalue weighted by Crippen LogP contribution is 2.33. The number of carbonyl (C=O) groups excluding carboxylic acids is 2. The summed E-state index contributed by atoms with van der Waals surface area (Å²) < 4.78 is 7.10. The van der Waals surface area contributed by atoms with Gasteiger partial charge in [-0.1, -0.05) is 48.0 Å². The molecule has 0 saturated carbocycles. The molecule has 0 bridgehead atoms. The Bertz CT molecular complexity index is 1140. The van der Waals surface area contributed by atoms with E-state index in [0.29, 0.717) is 12.4 Å². The van der Waals surface area contributed by atoms with Gasteiger partial charge in [0.2, 0.25) is 11.8 Å². The van der Waals surface area contributed by atoms with Gasteiger partial charge in [0, 0.05) is 44.6 Å². The number of aromatic nitrogens is 2. The predicted octanol–water partition coefficient (Wildman–Crippen LogP) is 3.32. The van der Waals surface area contributed by atoms with E-state index in [1.54, 1.807) is 4.68 Å². The van der Waals surface area contributed by atoms with Crippen molar-refractivity contribution in [2.75, 3.05) is 44.7 Å². The van der Waals surface area contributed by atoms with Gasteiger partial charge in [0.15, 0.2) is 0 Å². The number of aryl methyl sites for hydroxylation is 2. The van der Waals surface area contributed by atoms with Crippen LogP contribution in [0.5, 0.6) is 0 Å². The van der Waals surface area contributed by atoms with Crippen LogP contribution >= 0.6 is 0 Å². The minimum absolute atomic E-state index is 0.0930. The predicted molar refractivity (Wildman–Crippen MR) is 137 cm³/mol. The van der Waals surface area contributed by atoms with E-state index in [1.807, 2.05) is 68.4 Å². The average molecular weight is 476 g/mol. The van der Waals surface area contributed by atoms with Crippen molar-refractivity contribution in [3.05, 3.63) is 65.9 Å². The summed E-state index contributed by atoms with van der Waals surface area (Å²) >= 11 is 0. The van der Waals surface area contributed by atoms with E-state index in [4.69, 9.17) is 9.84 Å². The summed E-state index contributed by atoms with van der Waals surface area (Å²) in [4.78, 5) is 27.5. The van der Waals surface area contributed by atoms with E-state index in [-0.39, 0.29) is 24.7 Å². The number of ether oxygens (including phenoxy) is 1. The quantitative estimate of drug-likeness (QED) is 0.496. The third-order valence-electron chi connectivity index (χ3n) is 6.09. The van der Waals surface area contributed by atoms with Crippen molar-refractivity contribution < 1.29 is 14.3 Å². The monoisotopic (exact) mass is 475 g/mol. The maximum absolute atomic E-state index is 12.9. The average Bonchev–Trinajstić information content (AvgIpc) is 3.19. The van der Waals surface area contributed by atoms with Crippen LogP contribution < -0.4 is 10.6 Å². The molecule has 2 aromatic carbocycles. The standard InChI is InChI=1S/C27H33N5O3/c1-20-8-10-23(11-9-20)32-27(26(21(2)30-32)22-6-4-3-5-7-22)29-25(34)13-12-24(33)28-14-15-31-16-18-35-19-17-31/h3-11H,12-19H2,1-2H3,(H,28,33)(H,29,34). The zero-order chi connectivity index (χ0) is 24.6. The molecule has 1 fully saturated rings. The van der Waals surface area contributed by atoms with E-state index < -0.39 is 0 Å². The van der Waals surface area contributed by atoms with Crippen LogP contribution in [0.3, 0.4) is 0 Å². The molecule has 0 aliphatic carbocycles. The first-order chi connectivity index (χ1) is 17.0. The molecule has 0 radical (unpaired) electrons. The van der Waals surface area contributed by atoms with E-state index in [9.17, 15) is 9.59 Å². The van der Waals surface area contributed by atoms with E-state index in [2.05, 4.69) is 15.5 Å². The van der Waals surface area contributed by atoms with Crippen LogP contribution in [-0.2, 0) is 14.3 Å². The molecule has 35 heavy (non-hydrogen) atoms. The lowest BCUT2D eigenvalue weighted by Gasteiger charge is -2.26. The Morgan fingerprint density at radius 1 is 0.943 bits per heavy atom. The number of morpholine rings is 1. The molecule has 0 atom stereocenters. The largest absolute Gasteiger partial charge is 0.379 e. The number of nitrogens with zero attached hydrogens (tertiary/aromatic N) is 3. The number of hydrogen-bond acceptors (Lipinski definition) is 5. The van der Waals surface area contributed by atoms with Crippen molar-refractivity contribution >= 4 is 17.6 Å². The van der Waals surface area contributed by atoms with Gasteiger partial charge in [0.1, 0.15) is 5.82 Å². The molecule has 2 N–H and O–H groups in total. The summed E-state index contributed by atoms with van der Waals surface area (Å²) in [6.45, 7) is 8.56. The molecule has 8 nitrogen and oxygen atoms in total. The van der Waals surface area contributed by atoms with Crippen molar-refractivity contribution in [1.82, 2.24) is 20.0 Å². The van der Waals surface area contributed by atoms with Crippen molar-refractivity contribution in [1.29, 1.82) is 0 Å². The third kappa shape index (κ3) is 6.55. The van der Waals surface area contributed by atoms with Gasteiger partial charge in [0.05, 0.1) is 24.6 Å². The number of hydrogen-bond donors (Lipinski definition) is 2. The maximum Gasteiger partial charge on any atom is 0.226 e. The zero-order valence-corrected chi connectivity index (χ0v) is 20.4. The SMILES string of the molecule is Cc1ccc(-n2nc(C)c(-c3ccccc3)c2NC(=O)CCC(=O)NCCN2CCOCC2)cc1. The van der Waals surface area contributed by atoms with Crippen LogP contribution in [0.15, 0.2) is 54.6 Å². The highest BCUT2D eigenvalue weighted by molar-refractivity contribution is 5.96. The fraction of sp³-hybridized carbons (Fsp3) is 0.370. The van der Waals surface area contributed by atoms with Gasteiger partial charge >= 0.3 is 0 Å². The molecular formula is C27H33N5O3. The number of nitrogens with one attached hydrogen (secondary N) is 2. The Balaban J connectivity index is 1.42. The second kappa shape index (κ2) is 11.8. The molecular weight excluding hydrogens is 442 g/mol. The first kappa shape index (κ1) is 24.6. The van der Waals surface area contributed by atoms with Gasteiger partial charge in [-0.3, -0.25) is 14.5 Å². The lowest BCUT2D eigenvalue weighted by Crippen LogP contribution is -2.41. The normalized spacial score (nSPS) is 14.0. The molecule has 1 aliphatic rings. The smallest absolute Gasteiger partial charge is 0.226 e. The molecule has 1 saturated heterocycles. The van der Waals surface area contributed by atoms with Crippen molar-refractivity contribution in [2.24, 2.45) is 0 Å². The fourth-order valence-electron chi connectivity index (χ4n) is 4.15. The first-order valence-electron chi connectivity index (χ1n) is 12.1. The molecule has 184 valence electrons. The molecule has 1 aliphatic heterocycles. The van der Waals surface area contributed by atoms with Gasteiger partial charge in [-0.05, 0) is 31.5 Å². The minimum atomic E-state index is -0.223. The van der Waals surface area contributed by atoms with Gasteiger partial charge < -0.3 is 15.4 Å². The van der Waals surface area contributed by atoms with Crippen LogP contribution in [-0.4, -0.2) is 65.9 Å². The number of rotatable bonds is 9. The van der Waals surface area contributed by atoms with Crippen LogP contribution in [0.25, 0.3) is 16.8 Å².